The molecule has 0 aliphatic carbocycles. The Morgan fingerprint density at radius 3 is 2.48 bits per heavy atom. The van der Waals surface area contributed by atoms with Gasteiger partial charge in [-0.05, 0) is 30.2 Å². The molecule has 0 bridgehead atoms. The van der Waals surface area contributed by atoms with Gasteiger partial charge in [-0.1, -0.05) is 59.1 Å². The van der Waals surface area contributed by atoms with Crippen LogP contribution < -0.4 is 5.32 Å². The molecule has 2 aromatic rings. The quantitative estimate of drug-likeness (QED) is 0.543. The van der Waals surface area contributed by atoms with E-state index in [2.05, 4.69) is 36.5 Å². The van der Waals surface area contributed by atoms with Crippen LogP contribution in [0.4, 0.5) is 0 Å². The summed E-state index contributed by atoms with van der Waals surface area (Å²) in [5.74, 6) is 2.96. The van der Waals surface area contributed by atoms with E-state index in [1.165, 1.54) is 22.9 Å². The van der Waals surface area contributed by atoms with Gasteiger partial charge in [-0.25, -0.2) is 0 Å². The van der Waals surface area contributed by atoms with Crippen LogP contribution in [-0.2, 0) is 16.3 Å². The van der Waals surface area contributed by atoms with Gasteiger partial charge in [0.15, 0.2) is 0 Å². The lowest BCUT2D eigenvalue weighted by Gasteiger charge is -2.08. The van der Waals surface area contributed by atoms with E-state index in [9.17, 15) is 4.79 Å². The summed E-state index contributed by atoms with van der Waals surface area (Å²) in [5.41, 5.74) is 3.49. The van der Waals surface area contributed by atoms with E-state index in [-0.39, 0.29) is 5.91 Å². The van der Waals surface area contributed by atoms with Crippen molar-refractivity contribution < 1.29 is 4.79 Å². The van der Waals surface area contributed by atoms with Crippen molar-refractivity contribution in [3.05, 3.63) is 69.2 Å². The average Bonchev–Trinajstić information content (AvgIpc) is 2.57. The molecule has 0 saturated carbocycles. The molecule has 0 unspecified atom stereocenters. The Bertz CT molecular complexity index is 689. The van der Waals surface area contributed by atoms with Gasteiger partial charge in [-0.15, -0.1) is 11.8 Å². The van der Waals surface area contributed by atoms with Crippen LogP contribution in [0.25, 0.3) is 0 Å². The van der Waals surface area contributed by atoms with Crippen LogP contribution in [0, 0.1) is 6.92 Å². The third-order valence-corrected chi connectivity index (χ3v) is 6.16. The highest BCUT2D eigenvalue weighted by Crippen LogP contribution is 2.28. The third-order valence-electron chi connectivity index (χ3n) is 3.46. The maximum Gasteiger partial charge on any atom is 0.230 e. The summed E-state index contributed by atoms with van der Waals surface area (Å²) in [6, 6.07) is 14.0. The van der Waals surface area contributed by atoms with Crippen molar-refractivity contribution in [1.29, 1.82) is 0 Å². The van der Waals surface area contributed by atoms with E-state index >= 15 is 0 Å². The van der Waals surface area contributed by atoms with Gasteiger partial charge in [-0.3, -0.25) is 4.79 Å². The highest BCUT2D eigenvalue weighted by molar-refractivity contribution is 7.99. The van der Waals surface area contributed by atoms with Crippen molar-refractivity contribution in [3.8, 4) is 0 Å². The largest absolute Gasteiger partial charge is 0.355 e. The molecule has 0 radical (unpaired) electrons. The van der Waals surface area contributed by atoms with Gasteiger partial charge in [0.2, 0.25) is 5.91 Å². The molecule has 2 aromatic carbocycles. The fourth-order valence-corrected chi connectivity index (χ4v) is 4.62. The molecule has 0 spiro atoms. The second-order valence-corrected chi connectivity index (χ2v) is 8.49. The SMILES string of the molecule is Cc1cccc(CSCCNC(=O)CSCc2c(Cl)cccc2Cl)c1. The summed E-state index contributed by atoms with van der Waals surface area (Å²) in [5, 5.41) is 4.24. The molecule has 2 rings (SSSR count). The molecular formula is C19H21Cl2NOS2. The zero-order valence-electron chi connectivity index (χ0n) is 14.1. The fraction of sp³-hybridized carbons (Fsp3) is 0.316. The number of rotatable bonds is 9. The first kappa shape index (κ1) is 20.5. The van der Waals surface area contributed by atoms with Crippen molar-refractivity contribution in [1.82, 2.24) is 5.32 Å². The normalized spacial score (nSPS) is 10.7. The highest BCUT2D eigenvalue weighted by atomic mass is 35.5. The maximum absolute atomic E-state index is 11.9. The van der Waals surface area contributed by atoms with E-state index in [1.807, 2.05) is 30.0 Å². The molecule has 0 saturated heterocycles. The maximum atomic E-state index is 11.9. The molecule has 6 heteroatoms. The van der Waals surface area contributed by atoms with Gasteiger partial charge < -0.3 is 5.32 Å². The second-order valence-electron chi connectivity index (χ2n) is 5.58. The van der Waals surface area contributed by atoms with Crippen LogP contribution >= 0.6 is 46.7 Å². The van der Waals surface area contributed by atoms with Gasteiger partial charge in [-0.2, -0.15) is 11.8 Å². The number of halogens is 2. The molecule has 0 aromatic heterocycles. The lowest BCUT2D eigenvalue weighted by Crippen LogP contribution is -2.27. The van der Waals surface area contributed by atoms with Crippen molar-refractivity contribution in [2.75, 3.05) is 18.1 Å². The van der Waals surface area contributed by atoms with E-state index in [1.54, 1.807) is 0 Å². The standard InChI is InChI=1S/C19H21Cl2NOS2/c1-14-4-2-5-15(10-14)11-24-9-8-22-19(23)13-25-12-16-17(20)6-3-7-18(16)21/h2-7,10H,8-9,11-13H2,1H3,(H,22,23). The van der Waals surface area contributed by atoms with Crippen LogP contribution in [0.3, 0.4) is 0 Å². The Morgan fingerprint density at radius 2 is 1.76 bits per heavy atom. The fourth-order valence-electron chi connectivity index (χ4n) is 2.22. The van der Waals surface area contributed by atoms with Crippen LogP contribution in [0.2, 0.25) is 10.0 Å². The molecule has 0 aliphatic heterocycles. The molecule has 0 aliphatic rings. The Balaban J connectivity index is 1.58. The number of benzene rings is 2. The predicted octanol–water partition coefficient (Wildman–Crippen LogP) is 5.58. The molecule has 2 nitrogen and oxygen atoms in total. The summed E-state index contributed by atoms with van der Waals surface area (Å²) < 4.78 is 0. The summed E-state index contributed by atoms with van der Waals surface area (Å²) in [4.78, 5) is 11.9. The van der Waals surface area contributed by atoms with E-state index in [0.29, 0.717) is 28.1 Å². The summed E-state index contributed by atoms with van der Waals surface area (Å²) in [6.07, 6.45) is 0. The summed E-state index contributed by atoms with van der Waals surface area (Å²) >= 11 is 15.6. The van der Waals surface area contributed by atoms with Crippen molar-refractivity contribution in [2.45, 2.75) is 18.4 Å². The molecule has 0 fully saturated rings. The smallest absolute Gasteiger partial charge is 0.230 e. The van der Waals surface area contributed by atoms with Gasteiger partial charge in [0.25, 0.3) is 0 Å². The molecule has 25 heavy (non-hydrogen) atoms. The minimum atomic E-state index is 0.0457. The van der Waals surface area contributed by atoms with Gasteiger partial charge in [0.1, 0.15) is 0 Å². The number of thioether (sulfide) groups is 2. The minimum Gasteiger partial charge on any atom is -0.355 e. The first-order chi connectivity index (χ1) is 12.1. The lowest BCUT2D eigenvalue weighted by atomic mass is 10.2. The Morgan fingerprint density at radius 1 is 1.04 bits per heavy atom. The first-order valence-corrected chi connectivity index (χ1v) is 11.0. The predicted molar refractivity (Wildman–Crippen MR) is 113 cm³/mol. The topological polar surface area (TPSA) is 29.1 Å². The zero-order valence-corrected chi connectivity index (χ0v) is 17.2. The number of hydrogen-bond donors (Lipinski definition) is 1. The number of carbonyl (C=O) groups excluding carboxylic acids is 1. The lowest BCUT2D eigenvalue weighted by molar-refractivity contribution is -0.118. The highest BCUT2D eigenvalue weighted by Gasteiger charge is 2.07. The summed E-state index contributed by atoms with van der Waals surface area (Å²) in [6.45, 7) is 2.78. The van der Waals surface area contributed by atoms with Crippen LogP contribution in [0.1, 0.15) is 16.7 Å². The van der Waals surface area contributed by atoms with Crippen molar-refractivity contribution in [3.63, 3.8) is 0 Å². The molecule has 1 N–H and O–H groups in total. The van der Waals surface area contributed by atoms with E-state index in [0.717, 1.165) is 17.1 Å². The van der Waals surface area contributed by atoms with Gasteiger partial charge >= 0.3 is 0 Å². The van der Waals surface area contributed by atoms with Gasteiger partial charge in [0, 0.05) is 33.8 Å². The minimum absolute atomic E-state index is 0.0457. The van der Waals surface area contributed by atoms with Gasteiger partial charge in [0.05, 0.1) is 5.75 Å². The zero-order chi connectivity index (χ0) is 18.1. The number of nitrogens with one attached hydrogen (secondary N) is 1. The van der Waals surface area contributed by atoms with Crippen molar-refractivity contribution >= 4 is 52.6 Å². The van der Waals surface area contributed by atoms with Crippen LogP contribution in [-0.4, -0.2) is 24.0 Å². The van der Waals surface area contributed by atoms with Crippen molar-refractivity contribution in [2.24, 2.45) is 0 Å². The third kappa shape index (κ3) is 7.53. The average molecular weight is 414 g/mol. The number of hydrogen-bond acceptors (Lipinski definition) is 3. The Hall–Kier alpha value is -0.810. The number of carbonyl (C=O) groups is 1. The second kappa shape index (κ2) is 11.0. The number of aryl methyl sites for hydroxylation is 1. The molecule has 0 atom stereocenters. The van der Waals surface area contributed by atoms with E-state index in [4.69, 9.17) is 23.2 Å². The Labute approximate surface area is 168 Å². The molecular weight excluding hydrogens is 393 g/mol. The van der Waals surface area contributed by atoms with Crippen LogP contribution in [0.5, 0.6) is 0 Å². The monoisotopic (exact) mass is 413 g/mol. The summed E-state index contributed by atoms with van der Waals surface area (Å²) in [7, 11) is 0. The molecule has 0 heterocycles. The first-order valence-electron chi connectivity index (χ1n) is 7.97. The molecule has 134 valence electrons. The molecule has 1 amide bonds. The van der Waals surface area contributed by atoms with E-state index < -0.39 is 0 Å². The number of amides is 1. The van der Waals surface area contributed by atoms with Crippen LogP contribution in [0.15, 0.2) is 42.5 Å². The Kier molecular flexibility index (Phi) is 9.04.